The van der Waals surface area contributed by atoms with E-state index in [9.17, 15) is 49.6 Å². The van der Waals surface area contributed by atoms with E-state index >= 15 is 0 Å². The monoisotopic (exact) mass is 822 g/mol. The number of carboxylic acid groups (broad SMARTS) is 2. The Morgan fingerprint density at radius 2 is 1.61 bits per heavy atom. The number of rotatable bonds is 8. The Hall–Kier alpha value is -6.06. The lowest BCUT2D eigenvalue weighted by Crippen LogP contribution is -2.65. The highest BCUT2D eigenvalue weighted by atomic mass is 19.4. The molecule has 2 aliphatic rings. The standard InChI is InChI=1S/C28H29F3N10O2.2C2HF3O2/c1-2-33-25(42)21-11-22(39-26(38-21)28(29,30)31)43-19-5-3-18(4-6-19)40-14-27(15-40,8-9-32)41-13-17(12-37-41)23-20-7-10-34-24(20)36-16-35-23;2*3-2(4,5)1(6)7/h7,10-13,16,18-19H,2-6,8,14-15H2,1H3,(H,33,42)(H,34,35,36);2*(H,6,7)/t18-,19+;;. The molecule has 1 aliphatic carbocycles. The predicted molar refractivity (Wildman–Crippen MR) is 174 cm³/mol. The number of aliphatic carboxylic acids is 2. The maximum atomic E-state index is 13.4. The van der Waals surface area contributed by atoms with Gasteiger partial charge in [-0.25, -0.2) is 24.5 Å². The molecule has 5 heterocycles. The Bertz CT molecular complexity index is 2060. The number of fused-ring (bicyclic) bond motifs is 1. The molecular weight excluding hydrogens is 791 g/mol. The summed E-state index contributed by atoms with van der Waals surface area (Å²) in [7, 11) is 0. The van der Waals surface area contributed by atoms with Crippen LogP contribution in [0.3, 0.4) is 0 Å². The number of hydrogen-bond donors (Lipinski definition) is 4. The van der Waals surface area contributed by atoms with Crippen molar-refractivity contribution in [3.63, 3.8) is 0 Å². The zero-order valence-corrected chi connectivity index (χ0v) is 29.3. The van der Waals surface area contributed by atoms with Gasteiger partial charge in [0.05, 0.1) is 24.4 Å². The highest BCUT2D eigenvalue weighted by molar-refractivity contribution is 5.92. The van der Waals surface area contributed by atoms with Crippen molar-refractivity contribution in [2.24, 2.45) is 0 Å². The molecule has 2 fully saturated rings. The molecule has 1 saturated carbocycles. The van der Waals surface area contributed by atoms with Gasteiger partial charge in [-0.1, -0.05) is 0 Å². The van der Waals surface area contributed by atoms with Crippen LogP contribution in [0.1, 0.15) is 55.3 Å². The molecule has 0 bridgehead atoms. The third kappa shape index (κ3) is 11.0. The number of H-pyrrole nitrogens is 1. The van der Waals surface area contributed by atoms with Crippen molar-refractivity contribution < 1.29 is 68.8 Å². The highest BCUT2D eigenvalue weighted by Crippen LogP contribution is 2.39. The quantitative estimate of drug-likeness (QED) is 0.173. The minimum atomic E-state index is -5.08. The molecule has 1 amide bonds. The normalized spacial score (nSPS) is 18.1. The summed E-state index contributed by atoms with van der Waals surface area (Å²) in [6, 6.07) is 5.63. The minimum absolute atomic E-state index is 0.241. The van der Waals surface area contributed by atoms with Gasteiger partial charge in [-0.3, -0.25) is 14.4 Å². The summed E-state index contributed by atoms with van der Waals surface area (Å²) >= 11 is 0. The summed E-state index contributed by atoms with van der Waals surface area (Å²) in [5.74, 6) is -7.91. The third-order valence-electron chi connectivity index (χ3n) is 8.56. The summed E-state index contributed by atoms with van der Waals surface area (Å²) < 4.78 is 111. The van der Waals surface area contributed by atoms with Gasteiger partial charge in [0.25, 0.3) is 5.91 Å². The first-order chi connectivity index (χ1) is 26.6. The lowest BCUT2D eigenvalue weighted by Gasteiger charge is -2.53. The number of hydrogen-bond acceptors (Lipinski definition) is 11. The fraction of sp³-hybridized carbons (Fsp3) is 0.469. The average Bonchev–Trinajstić information content (AvgIpc) is 3.80. The van der Waals surface area contributed by atoms with Crippen LogP contribution >= 0.6 is 0 Å². The number of likely N-dealkylation sites (tertiary alicyclic amines) is 1. The van der Waals surface area contributed by atoms with Crippen molar-refractivity contribution >= 4 is 28.9 Å². The fourth-order valence-electron chi connectivity index (χ4n) is 5.94. The Morgan fingerprint density at radius 1 is 1.00 bits per heavy atom. The first-order valence-corrected chi connectivity index (χ1v) is 16.5. The van der Waals surface area contributed by atoms with E-state index in [0.717, 1.165) is 41.2 Å². The van der Waals surface area contributed by atoms with Crippen LogP contribution in [-0.4, -0.2) is 112 Å². The second kappa shape index (κ2) is 17.4. The van der Waals surface area contributed by atoms with Crippen molar-refractivity contribution in [2.75, 3.05) is 19.6 Å². The first kappa shape index (κ1) is 43.7. The van der Waals surface area contributed by atoms with Gasteiger partial charge in [-0.15, -0.1) is 0 Å². The number of nitriles is 1. The van der Waals surface area contributed by atoms with Crippen LogP contribution in [-0.2, 0) is 21.3 Å². The Balaban J connectivity index is 0.000000440. The molecule has 0 radical (unpaired) electrons. The van der Waals surface area contributed by atoms with Crippen molar-refractivity contribution in [3.8, 4) is 23.2 Å². The molecule has 1 aliphatic heterocycles. The van der Waals surface area contributed by atoms with Crippen molar-refractivity contribution in [1.82, 2.24) is 44.9 Å². The number of nitrogens with one attached hydrogen (secondary N) is 2. The molecule has 308 valence electrons. The highest BCUT2D eigenvalue weighted by Gasteiger charge is 2.48. The average molecular weight is 823 g/mol. The van der Waals surface area contributed by atoms with E-state index in [0.29, 0.717) is 32.4 Å². The van der Waals surface area contributed by atoms with Gasteiger partial charge < -0.3 is 25.3 Å². The molecule has 4 aromatic rings. The van der Waals surface area contributed by atoms with Crippen molar-refractivity contribution in [3.05, 3.63) is 48.6 Å². The molecule has 4 N–H and O–H groups in total. The number of nitrogens with zero attached hydrogens (tertiary/aromatic N) is 8. The maximum Gasteiger partial charge on any atom is 0.490 e. The lowest BCUT2D eigenvalue weighted by molar-refractivity contribution is -0.193. The van der Waals surface area contributed by atoms with Crippen LogP contribution in [0.2, 0.25) is 0 Å². The van der Waals surface area contributed by atoms with Crippen molar-refractivity contribution in [1.29, 1.82) is 5.26 Å². The number of aromatic nitrogens is 7. The van der Waals surface area contributed by atoms with Crippen LogP contribution in [0.4, 0.5) is 39.5 Å². The molecule has 57 heavy (non-hydrogen) atoms. The number of ether oxygens (including phenoxy) is 1. The summed E-state index contributed by atoms with van der Waals surface area (Å²) in [6.07, 6.45) is -5.26. The van der Waals surface area contributed by atoms with E-state index in [1.54, 1.807) is 13.1 Å². The Morgan fingerprint density at radius 3 is 2.16 bits per heavy atom. The van der Waals surface area contributed by atoms with E-state index < -0.39 is 47.7 Å². The van der Waals surface area contributed by atoms with Gasteiger partial charge in [0.1, 0.15) is 29.3 Å². The molecule has 0 aromatic carbocycles. The summed E-state index contributed by atoms with van der Waals surface area (Å²) in [5.41, 5.74) is 1.50. The van der Waals surface area contributed by atoms with Gasteiger partial charge >= 0.3 is 30.5 Å². The van der Waals surface area contributed by atoms with E-state index in [1.165, 1.54) is 6.33 Å². The number of carboxylic acids is 2. The second-order valence-corrected chi connectivity index (χ2v) is 12.5. The van der Waals surface area contributed by atoms with Gasteiger partial charge in [-0.05, 0) is 38.7 Å². The Labute approximate surface area is 314 Å². The molecule has 16 nitrogen and oxygen atoms in total. The van der Waals surface area contributed by atoms with Crippen LogP contribution in [0.5, 0.6) is 5.88 Å². The number of halogens is 9. The number of aromatic amines is 1. The molecule has 0 spiro atoms. The van der Waals surface area contributed by atoms with E-state index in [-0.39, 0.29) is 30.3 Å². The van der Waals surface area contributed by atoms with Crippen LogP contribution < -0.4 is 10.1 Å². The fourth-order valence-corrected chi connectivity index (χ4v) is 5.94. The molecule has 0 unspecified atom stereocenters. The van der Waals surface area contributed by atoms with Crippen LogP contribution in [0, 0.1) is 11.3 Å². The number of alkyl halides is 9. The smallest absolute Gasteiger partial charge is 0.475 e. The topological polar surface area (TPSA) is 225 Å². The maximum absolute atomic E-state index is 13.4. The molecule has 0 atom stereocenters. The molecule has 25 heteroatoms. The number of carbonyl (C=O) groups excluding carboxylic acids is 1. The van der Waals surface area contributed by atoms with E-state index in [2.05, 4.69) is 46.3 Å². The van der Waals surface area contributed by atoms with E-state index in [1.807, 2.05) is 23.1 Å². The van der Waals surface area contributed by atoms with Gasteiger partial charge in [0.2, 0.25) is 11.7 Å². The molecule has 6 rings (SSSR count). The SMILES string of the molecule is CCNC(=O)c1cc(O[C@H]2CC[C@@H](N3CC(CC#N)(n4cc(-c5ncnc6[nH]ccc56)cn4)C3)CC2)nc(C(F)(F)F)n1.O=C(O)C(F)(F)F.O=C(O)C(F)(F)F. The number of amides is 1. The third-order valence-corrected chi connectivity index (χ3v) is 8.56. The number of carbonyl (C=O) groups is 3. The van der Waals surface area contributed by atoms with Crippen LogP contribution in [0.25, 0.3) is 22.3 Å². The zero-order valence-electron chi connectivity index (χ0n) is 29.3. The summed E-state index contributed by atoms with van der Waals surface area (Å²) in [5, 5.41) is 31.8. The zero-order chi connectivity index (χ0) is 42.3. The molecular formula is C32H31F9N10O6. The largest absolute Gasteiger partial charge is 0.490 e. The van der Waals surface area contributed by atoms with Crippen LogP contribution in [0.15, 0.2) is 37.1 Å². The molecule has 1 saturated heterocycles. The summed E-state index contributed by atoms with van der Waals surface area (Å²) in [6.45, 7) is 3.21. The Kier molecular flexibility index (Phi) is 13.3. The lowest BCUT2D eigenvalue weighted by atomic mass is 9.82. The van der Waals surface area contributed by atoms with Gasteiger partial charge in [0.15, 0.2) is 0 Å². The molecule has 4 aromatic heterocycles. The van der Waals surface area contributed by atoms with Gasteiger partial charge in [0, 0.05) is 55.1 Å². The van der Waals surface area contributed by atoms with Gasteiger partial charge in [-0.2, -0.15) is 54.9 Å². The summed E-state index contributed by atoms with van der Waals surface area (Å²) in [4.78, 5) is 51.0. The second-order valence-electron chi connectivity index (χ2n) is 12.5. The first-order valence-electron chi connectivity index (χ1n) is 16.5. The predicted octanol–water partition coefficient (Wildman–Crippen LogP) is 4.96. The minimum Gasteiger partial charge on any atom is -0.475 e. The van der Waals surface area contributed by atoms with E-state index in [4.69, 9.17) is 24.5 Å². The van der Waals surface area contributed by atoms with Crippen molar-refractivity contribution in [2.45, 2.75) is 75.2 Å².